The molecule has 0 radical (unpaired) electrons. The molecule has 0 aliphatic carbocycles. The van der Waals surface area contributed by atoms with Gasteiger partial charge in [-0.1, -0.05) is 47.5 Å². The lowest BCUT2D eigenvalue weighted by Gasteiger charge is -2.35. The Morgan fingerprint density at radius 3 is 2.44 bits per heavy atom. The molecule has 2 amide bonds. The first kappa shape index (κ1) is 18.1. The van der Waals surface area contributed by atoms with Crippen LogP contribution < -0.4 is 5.32 Å². The highest BCUT2D eigenvalue weighted by Crippen LogP contribution is 2.25. The molecule has 4 nitrogen and oxygen atoms in total. The molecule has 0 unspecified atom stereocenters. The summed E-state index contributed by atoms with van der Waals surface area (Å²) in [6.45, 7) is 6.20. The molecular formula is C19H21Cl2N3O. The van der Waals surface area contributed by atoms with E-state index >= 15 is 0 Å². The second-order valence-electron chi connectivity index (χ2n) is 6.25. The normalized spacial score (nSPS) is 15.2. The minimum Gasteiger partial charge on any atom is -0.322 e. The first-order valence-corrected chi connectivity index (χ1v) is 9.06. The monoisotopic (exact) mass is 377 g/mol. The van der Waals surface area contributed by atoms with Crippen LogP contribution in [-0.2, 0) is 6.54 Å². The van der Waals surface area contributed by atoms with Gasteiger partial charge < -0.3 is 10.2 Å². The number of anilines is 1. The molecule has 132 valence electrons. The van der Waals surface area contributed by atoms with Gasteiger partial charge in [0, 0.05) is 38.4 Å². The second-order valence-corrected chi connectivity index (χ2v) is 7.06. The highest BCUT2D eigenvalue weighted by Gasteiger charge is 2.21. The number of hydrogen-bond acceptors (Lipinski definition) is 2. The van der Waals surface area contributed by atoms with Gasteiger partial charge in [-0.3, -0.25) is 4.90 Å². The predicted molar refractivity (Wildman–Crippen MR) is 104 cm³/mol. The van der Waals surface area contributed by atoms with Crippen molar-refractivity contribution in [2.45, 2.75) is 13.5 Å². The molecule has 0 saturated carbocycles. The average Bonchev–Trinajstić information content (AvgIpc) is 2.61. The van der Waals surface area contributed by atoms with Gasteiger partial charge in [-0.25, -0.2) is 4.79 Å². The van der Waals surface area contributed by atoms with E-state index < -0.39 is 0 Å². The van der Waals surface area contributed by atoms with E-state index in [9.17, 15) is 4.79 Å². The Kier molecular flexibility index (Phi) is 5.84. The lowest BCUT2D eigenvalue weighted by atomic mass is 10.1. The zero-order valence-corrected chi connectivity index (χ0v) is 15.6. The van der Waals surface area contributed by atoms with Crippen LogP contribution in [0.4, 0.5) is 10.5 Å². The van der Waals surface area contributed by atoms with Gasteiger partial charge in [0.25, 0.3) is 0 Å². The van der Waals surface area contributed by atoms with Gasteiger partial charge in [-0.05, 0) is 36.2 Å². The molecule has 0 atom stereocenters. The maximum absolute atomic E-state index is 12.4. The quantitative estimate of drug-likeness (QED) is 0.844. The summed E-state index contributed by atoms with van der Waals surface area (Å²) in [7, 11) is 0. The second kappa shape index (κ2) is 8.09. The van der Waals surface area contributed by atoms with E-state index in [4.69, 9.17) is 23.2 Å². The van der Waals surface area contributed by atoms with Gasteiger partial charge in [0.2, 0.25) is 0 Å². The van der Waals surface area contributed by atoms with Gasteiger partial charge in [-0.15, -0.1) is 0 Å². The predicted octanol–water partition coefficient (Wildman–Crippen LogP) is 4.65. The Bertz CT molecular complexity index is 758. The first-order chi connectivity index (χ1) is 12.0. The van der Waals surface area contributed by atoms with Gasteiger partial charge >= 0.3 is 6.03 Å². The number of amides is 2. The summed E-state index contributed by atoms with van der Waals surface area (Å²) < 4.78 is 0. The van der Waals surface area contributed by atoms with Crippen LogP contribution in [0.25, 0.3) is 0 Å². The molecule has 1 aliphatic rings. The van der Waals surface area contributed by atoms with Gasteiger partial charge in [0.05, 0.1) is 10.0 Å². The number of halogens is 2. The number of benzene rings is 2. The van der Waals surface area contributed by atoms with Gasteiger partial charge in [0.1, 0.15) is 0 Å². The minimum atomic E-state index is -0.103. The molecule has 1 heterocycles. The Hall–Kier alpha value is -1.75. The number of nitrogens with one attached hydrogen (secondary N) is 1. The third-order valence-electron chi connectivity index (χ3n) is 4.49. The smallest absolute Gasteiger partial charge is 0.321 e. The maximum atomic E-state index is 12.4. The highest BCUT2D eigenvalue weighted by molar-refractivity contribution is 6.42. The van der Waals surface area contributed by atoms with Gasteiger partial charge in [-0.2, -0.15) is 0 Å². The molecule has 0 bridgehead atoms. The summed E-state index contributed by atoms with van der Waals surface area (Å²) in [6, 6.07) is 13.4. The molecule has 0 aromatic heterocycles. The van der Waals surface area contributed by atoms with E-state index in [-0.39, 0.29) is 6.03 Å². The van der Waals surface area contributed by atoms with Crippen molar-refractivity contribution in [3.8, 4) is 0 Å². The maximum Gasteiger partial charge on any atom is 0.321 e. The minimum absolute atomic E-state index is 0.103. The lowest BCUT2D eigenvalue weighted by molar-refractivity contribution is 0.143. The van der Waals surface area contributed by atoms with Crippen molar-refractivity contribution in [2.24, 2.45) is 0 Å². The molecule has 2 aromatic rings. The standard InChI is InChI=1S/C19H21Cl2N3O/c1-14-4-2-3-5-15(14)13-23-8-10-24(11-9-23)19(25)22-16-6-7-17(20)18(21)12-16/h2-7,12H,8-11,13H2,1H3,(H,22,25). The Labute approximate surface area is 158 Å². The SMILES string of the molecule is Cc1ccccc1CN1CCN(C(=O)Nc2ccc(Cl)c(Cl)c2)CC1. The van der Waals surface area contributed by atoms with E-state index in [1.807, 2.05) is 4.90 Å². The van der Waals surface area contributed by atoms with Crippen LogP contribution in [0, 0.1) is 6.92 Å². The van der Waals surface area contributed by atoms with E-state index in [0.29, 0.717) is 28.8 Å². The largest absolute Gasteiger partial charge is 0.322 e. The number of carbonyl (C=O) groups is 1. The van der Waals surface area contributed by atoms with Crippen molar-refractivity contribution in [2.75, 3.05) is 31.5 Å². The number of piperazine rings is 1. The fourth-order valence-electron chi connectivity index (χ4n) is 2.91. The summed E-state index contributed by atoms with van der Waals surface area (Å²) in [5, 5.41) is 3.79. The molecule has 1 N–H and O–H groups in total. The van der Waals surface area contributed by atoms with Crippen molar-refractivity contribution in [3.63, 3.8) is 0 Å². The number of aryl methyl sites for hydroxylation is 1. The third kappa shape index (κ3) is 4.66. The van der Waals surface area contributed by atoms with Crippen LogP contribution in [0.15, 0.2) is 42.5 Å². The summed E-state index contributed by atoms with van der Waals surface area (Å²) >= 11 is 11.9. The van der Waals surface area contributed by atoms with Crippen LogP contribution >= 0.6 is 23.2 Å². The molecule has 2 aromatic carbocycles. The first-order valence-electron chi connectivity index (χ1n) is 8.31. The average molecular weight is 378 g/mol. The van der Waals surface area contributed by atoms with Crippen molar-refractivity contribution in [1.29, 1.82) is 0 Å². The topological polar surface area (TPSA) is 35.6 Å². The molecule has 1 saturated heterocycles. The van der Waals surface area contributed by atoms with Crippen molar-refractivity contribution >= 4 is 34.9 Å². The van der Waals surface area contributed by atoms with E-state index in [2.05, 4.69) is 41.4 Å². The Morgan fingerprint density at radius 1 is 1.04 bits per heavy atom. The molecule has 1 aliphatic heterocycles. The zero-order chi connectivity index (χ0) is 17.8. The zero-order valence-electron chi connectivity index (χ0n) is 14.1. The number of hydrogen-bond donors (Lipinski definition) is 1. The highest BCUT2D eigenvalue weighted by atomic mass is 35.5. The number of carbonyl (C=O) groups excluding carboxylic acids is 1. The summed E-state index contributed by atoms with van der Waals surface area (Å²) in [5.74, 6) is 0. The van der Waals surface area contributed by atoms with E-state index in [1.54, 1.807) is 18.2 Å². The van der Waals surface area contributed by atoms with E-state index in [0.717, 1.165) is 19.6 Å². The third-order valence-corrected chi connectivity index (χ3v) is 5.22. The van der Waals surface area contributed by atoms with Crippen LogP contribution in [0.3, 0.4) is 0 Å². The summed E-state index contributed by atoms with van der Waals surface area (Å²) in [4.78, 5) is 16.6. The van der Waals surface area contributed by atoms with Crippen LogP contribution in [-0.4, -0.2) is 42.0 Å². The Balaban J connectivity index is 1.52. The van der Waals surface area contributed by atoms with Crippen molar-refractivity contribution in [3.05, 3.63) is 63.6 Å². The Morgan fingerprint density at radius 2 is 1.76 bits per heavy atom. The van der Waals surface area contributed by atoms with E-state index in [1.165, 1.54) is 11.1 Å². The lowest BCUT2D eigenvalue weighted by Crippen LogP contribution is -2.49. The van der Waals surface area contributed by atoms with Gasteiger partial charge in [0.15, 0.2) is 0 Å². The fraction of sp³-hybridized carbons (Fsp3) is 0.316. The molecule has 1 fully saturated rings. The molecule has 25 heavy (non-hydrogen) atoms. The molecular weight excluding hydrogens is 357 g/mol. The number of nitrogens with zero attached hydrogens (tertiary/aromatic N) is 2. The van der Waals surface area contributed by atoms with Crippen molar-refractivity contribution in [1.82, 2.24) is 9.80 Å². The van der Waals surface area contributed by atoms with Crippen LogP contribution in [0.5, 0.6) is 0 Å². The van der Waals surface area contributed by atoms with Crippen LogP contribution in [0.2, 0.25) is 10.0 Å². The molecule has 0 spiro atoms. The fourth-order valence-corrected chi connectivity index (χ4v) is 3.21. The number of urea groups is 1. The summed E-state index contributed by atoms with van der Waals surface area (Å²) in [5.41, 5.74) is 3.31. The van der Waals surface area contributed by atoms with Crippen LogP contribution in [0.1, 0.15) is 11.1 Å². The van der Waals surface area contributed by atoms with Crippen molar-refractivity contribution < 1.29 is 4.79 Å². The molecule has 6 heteroatoms. The molecule has 3 rings (SSSR count). The summed E-state index contributed by atoms with van der Waals surface area (Å²) in [6.07, 6.45) is 0. The number of rotatable bonds is 3.